The molecular weight excluding hydrogens is 296 g/mol. The molecule has 0 aliphatic carbocycles. The van der Waals surface area contributed by atoms with Crippen LogP contribution < -0.4 is 10.6 Å². The second-order valence-electron chi connectivity index (χ2n) is 4.83. The third kappa shape index (κ3) is 4.63. The van der Waals surface area contributed by atoms with Gasteiger partial charge in [0, 0.05) is 16.1 Å². The van der Waals surface area contributed by atoms with E-state index in [0.29, 0.717) is 11.3 Å². The summed E-state index contributed by atoms with van der Waals surface area (Å²) in [5.74, 6) is -0.505. The van der Waals surface area contributed by atoms with E-state index in [1.807, 2.05) is 49.6 Å². The van der Waals surface area contributed by atoms with E-state index in [1.54, 1.807) is 23.9 Å². The SMILES string of the molecule is CSc1ccc(NC(=O)CNC(=O)c2cccc(C)c2)cc1. The topological polar surface area (TPSA) is 58.2 Å². The van der Waals surface area contributed by atoms with Crippen molar-refractivity contribution in [2.75, 3.05) is 18.1 Å². The molecule has 0 aliphatic rings. The van der Waals surface area contributed by atoms with Crippen LogP contribution in [0.1, 0.15) is 15.9 Å². The highest BCUT2D eigenvalue weighted by molar-refractivity contribution is 7.98. The van der Waals surface area contributed by atoms with Crippen molar-refractivity contribution in [2.45, 2.75) is 11.8 Å². The molecule has 0 heterocycles. The minimum Gasteiger partial charge on any atom is -0.343 e. The summed E-state index contributed by atoms with van der Waals surface area (Å²) in [4.78, 5) is 24.9. The average Bonchev–Trinajstić information content (AvgIpc) is 2.53. The first-order valence-corrected chi connectivity index (χ1v) is 8.10. The lowest BCUT2D eigenvalue weighted by Gasteiger charge is -2.08. The Bertz CT molecular complexity index is 669. The molecule has 0 saturated carbocycles. The summed E-state index contributed by atoms with van der Waals surface area (Å²) in [6.07, 6.45) is 1.99. The lowest BCUT2D eigenvalue weighted by Crippen LogP contribution is -2.32. The quantitative estimate of drug-likeness (QED) is 0.834. The monoisotopic (exact) mass is 314 g/mol. The van der Waals surface area contributed by atoms with Gasteiger partial charge in [-0.05, 0) is 49.6 Å². The van der Waals surface area contributed by atoms with Crippen LogP contribution in [-0.2, 0) is 4.79 Å². The molecule has 0 atom stereocenters. The standard InChI is InChI=1S/C17H18N2O2S/c1-12-4-3-5-13(10-12)17(21)18-11-16(20)19-14-6-8-15(22-2)9-7-14/h3-10H,11H2,1-2H3,(H,18,21)(H,19,20). The van der Waals surface area contributed by atoms with E-state index in [9.17, 15) is 9.59 Å². The lowest BCUT2D eigenvalue weighted by atomic mass is 10.1. The zero-order chi connectivity index (χ0) is 15.9. The van der Waals surface area contributed by atoms with Crippen LogP contribution in [0.25, 0.3) is 0 Å². The number of anilines is 1. The Morgan fingerprint density at radius 2 is 1.82 bits per heavy atom. The van der Waals surface area contributed by atoms with E-state index < -0.39 is 0 Å². The summed E-state index contributed by atoms with van der Waals surface area (Å²) >= 11 is 1.64. The molecule has 114 valence electrons. The summed E-state index contributed by atoms with van der Waals surface area (Å²) in [5.41, 5.74) is 2.27. The normalized spacial score (nSPS) is 10.1. The van der Waals surface area contributed by atoms with Gasteiger partial charge in [-0.2, -0.15) is 0 Å². The molecule has 0 radical (unpaired) electrons. The van der Waals surface area contributed by atoms with Gasteiger partial charge in [0.1, 0.15) is 0 Å². The molecule has 2 rings (SSSR count). The fourth-order valence-corrected chi connectivity index (χ4v) is 2.34. The Hall–Kier alpha value is -2.27. The zero-order valence-electron chi connectivity index (χ0n) is 12.6. The van der Waals surface area contributed by atoms with Gasteiger partial charge in [0.05, 0.1) is 6.54 Å². The summed E-state index contributed by atoms with van der Waals surface area (Å²) in [5, 5.41) is 5.36. The summed E-state index contributed by atoms with van der Waals surface area (Å²) in [7, 11) is 0. The van der Waals surface area contributed by atoms with Crippen LogP contribution in [0.15, 0.2) is 53.4 Å². The number of thioether (sulfide) groups is 1. The molecule has 4 nitrogen and oxygen atoms in total. The molecule has 0 spiro atoms. The van der Waals surface area contributed by atoms with Crippen molar-refractivity contribution in [3.63, 3.8) is 0 Å². The first kappa shape index (κ1) is 16.1. The highest BCUT2D eigenvalue weighted by atomic mass is 32.2. The van der Waals surface area contributed by atoms with Gasteiger partial charge in [-0.3, -0.25) is 9.59 Å². The maximum absolute atomic E-state index is 11.9. The molecule has 2 N–H and O–H groups in total. The molecule has 0 saturated heterocycles. The number of nitrogens with one attached hydrogen (secondary N) is 2. The molecule has 5 heteroatoms. The van der Waals surface area contributed by atoms with E-state index in [2.05, 4.69) is 10.6 Å². The van der Waals surface area contributed by atoms with Gasteiger partial charge in [-0.15, -0.1) is 11.8 Å². The van der Waals surface area contributed by atoms with E-state index in [-0.39, 0.29) is 18.4 Å². The van der Waals surface area contributed by atoms with Crippen LogP contribution in [0.5, 0.6) is 0 Å². The van der Waals surface area contributed by atoms with Crippen LogP contribution in [0.2, 0.25) is 0 Å². The number of hydrogen-bond acceptors (Lipinski definition) is 3. The number of aryl methyl sites for hydroxylation is 1. The van der Waals surface area contributed by atoms with E-state index in [0.717, 1.165) is 10.5 Å². The van der Waals surface area contributed by atoms with Crippen molar-refractivity contribution in [3.8, 4) is 0 Å². The fourth-order valence-electron chi connectivity index (χ4n) is 1.93. The molecule has 2 aromatic rings. The highest BCUT2D eigenvalue weighted by Crippen LogP contribution is 2.17. The van der Waals surface area contributed by atoms with Crippen LogP contribution in [0.3, 0.4) is 0 Å². The number of carbonyl (C=O) groups excluding carboxylic acids is 2. The molecule has 2 amide bonds. The van der Waals surface area contributed by atoms with Gasteiger partial charge in [-0.1, -0.05) is 17.7 Å². The summed E-state index contributed by atoms with van der Waals surface area (Å²) in [6.45, 7) is 1.86. The molecule has 0 unspecified atom stereocenters. The Balaban J connectivity index is 1.85. The van der Waals surface area contributed by atoms with E-state index in [1.165, 1.54) is 0 Å². The predicted molar refractivity (Wildman–Crippen MR) is 90.4 cm³/mol. The number of benzene rings is 2. The van der Waals surface area contributed by atoms with E-state index in [4.69, 9.17) is 0 Å². The van der Waals surface area contributed by atoms with Gasteiger partial charge in [0.2, 0.25) is 5.91 Å². The van der Waals surface area contributed by atoms with Crippen molar-refractivity contribution in [1.82, 2.24) is 5.32 Å². The highest BCUT2D eigenvalue weighted by Gasteiger charge is 2.08. The molecule has 0 fully saturated rings. The number of amides is 2. The number of rotatable bonds is 5. The second kappa shape index (κ2) is 7.66. The van der Waals surface area contributed by atoms with Gasteiger partial charge >= 0.3 is 0 Å². The third-order valence-corrected chi connectivity index (χ3v) is 3.81. The van der Waals surface area contributed by atoms with Crippen LogP contribution in [0.4, 0.5) is 5.69 Å². The Labute approximate surface area is 134 Å². The maximum Gasteiger partial charge on any atom is 0.251 e. The Morgan fingerprint density at radius 3 is 2.45 bits per heavy atom. The smallest absolute Gasteiger partial charge is 0.251 e. The number of carbonyl (C=O) groups is 2. The first-order valence-electron chi connectivity index (χ1n) is 6.87. The Kier molecular flexibility index (Phi) is 5.61. The van der Waals surface area contributed by atoms with Gasteiger partial charge in [0.25, 0.3) is 5.91 Å². The van der Waals surface area contributed by atoms with Crippen LogP contribution >= 0.6 is 11.8 Å². The molecule has 22 heavy (non-hydrogen) atoms. The van der Waals surface area contributed by atoms with Crippen molar-refractivity contribution < 1.29 is 9.59 Å². The molecule has 2 aromatic carbocycles. The summed E-state index contributed by atoms with van der Waals surface area (Å²) in [6, 6.07) is 14.8. The van der Waals surface area contributed by atoms with Crippen molar-refractivity contribution in [1.29, 1.82) is 0 Å². The zero-order valence-corrected chi connectivity index (χ0v) is 13.4. The minimum atomic E-state index is -0.253. The number of hydrogen-bond donors (Lipinski definition) is 2. The van der Waals surface area contributed by atoms with Gasteiger partial charge in [-0.25, -0.2) is 0 Å². The lowest BCUT2D eigenvalue weighted by molar-refractivity contribution is -0.115. The van der Waals surface area contributed by atoms with Crippen molar-refractivity contribution in [3.05, 3.63) is 59.7 Å². The summed E-state index contributed by atoms with van der Waals surface area (Å²) < 4.78 is 0. The fraction of sp³-hybridized carbons (Fsp3) is 0.176. The molecule has 0 aliphatic heterocycles. The maximum atomic E-state index is 11.9. The van der Waals surface area contributed by atoms with Crippen molar-refractivity contribution >= 4 is 29.3 Å². The first-order chi connectivity index (χ1) is 10.6. The molecule has 0 aromatic heterocycles. The van der Waals surface area contributed by atoms with E-state index >= 15 is 0 Å². The second-order valence-corrected chi connectivity index (χ2v) is 5.71. The predicted octanol–water partition coefficient (Wildman–Crippen LogP) is 3.09. The van der Waals surface area contributed by atoms with Gasteiger partial charge in [0.15, 0.2) is 0 Å². The Morgan fingerprint density at radius 1 is 1.09 bits per heavy atom. The van der Waals surface area contributed by atoms with Crippen molar-refractivity contribution in [2.24, 2.45) is 0 Å². The third-order valence-electron chi connectivity index (χ3n) is 3.06. The minimum absolute atomic E-state index is 0.0585. The van der Waals surface area contributed by atoms with Crippen LogP contribution in [-0.4, -0.2) is 24.6 Å². The van der Waals surface area contributed by atoms with Gasteiger partial charge < -0.3 is 10.6 Å². The van der Waals surface area contributed by atoms with Crippen LogP contribution in [0, 0.1) is 6.92 Å². The molecule has 0 bridgehead atoms. The molecular formula is C17H18N2O2S. The largest absolute Gasteiger partial charge is 0.343 e. The average molecular weight is 314 g/mol.